The molecule has 0 aromatic carbocycles. The van der Waals surface area contributed by atoms with Gasteiger partial charge in [-0.25, -0.2) is 0 Å². The molecule has 2 rings (SSSR count). The van der Waals surface area contributed by atoms with Crippen molar-refractivity contribution in [2.75, 3.05) is 13.2 Å². The van der Waals surface area contributed by atoms with E-state index in [1.807, 2.05) is 6.07 Å². The molecule has 1 saturated carbocycles. The van der Waals surface area contributed by atoms with E-state index >= 15 is 0 Å². The van der Waals surface area contributed by atoms with Crippen LogP contribution in [0, 0.1) is 29.1 Å². The highest BCUT2D eigenvalue weighted by Crippen LogP contribution is 2.42. The lowest BCUT2D eigenvalue weighted by molar-refractivity contribution is -0.213. The van der Waals surface area contributed by atoms with Crippen LogP contribution < -0.4 is 0 Å². The molecule has 0 bridgehead atoms. The molecule has 0 N–H and O–H groups in total. The molecule has 1 atom stereocenters. The second kappa shape index (κ2) is 6.05. The number of ether oxygens (including phenoxy) is 2. The predicted molar refractivity (Wildman–Crippen MR) is 63.8 cm³/mol. The number of rotatable bonds is 3. The van der Waals surface area contributed by atoms with E-state index in [4.69, 9.17) is 14.7 Å². The number of nitriles is 1. The molecule has 1 heterocycles. The second-order valence-electron chi connectivity index (χ2n) is 4.76. The van der Waals surface area contributed by atoms with Crippen LogP contribution in [0.4, 0.5) is 0 Å². The van der Waals surface area contributed by atoms with Crippen molar-refractivity contribution in [1.82, 2.24) is 0 Å². The molecule has 2 fully saturated rings. The van der Waals surface area contributed by atoms with Crippen molar-refractivity contribution in [2.45, 2.75) is 50.7 Å². The number of hydrogen-bond donors (Lipinski definition) is 0. The summed E-state index contributed by atoms with van der Waals surface area (Å²) in [5.74, 6) is 5.54. The Kier molecular flexibility index (Phi) is 4.42. The zero-order chi connectivity index (χ0) is 12.0. The third kappa shape index (κ3) is 3.00. The van der Waals surface area contributed by atoms with E-state index in [9.17, 15) is 0 Å². The molecule has 3 heteroatoms. The van der Waals surface area contributed by atoms with Gasteiger partial charge in [0.25, 0.3) is 0 Å². The van der Waals surface area contributed by atoms with E-state index in [2.05, 4.69) is 11.8 Å². The Morgan fingerprint density at radius 3 is 2.82 bits per heavy atom. The summed E-state index contributed by atoms with van der Waals surface area (Å²) in [6.45, 7) is 1.48. The first-order chi connectivity index (χ1) is 8.37. The van der Waals surface area contributed by atoms with Crippen LogP contribution in [0.5, 0.6) is 0 Å². The molecule has 0 radical (unpaired) electrons. The van der Waals surface area contributed by atoms with E-state index in [1.165, 1.54) is 19.3 Å². The molecular weight excluding hydrogens is 214 g/mol. The molecule has 1 unspecified atom stereocenters. The first kappa shape index (κ1) is 12.4. The monoisotopic (exact) mass is 233 g/mol. The summed E-state index contributed by atoms with van der Waals surface area (Å²) in [6, 6.07) is 1.84. The highest BCUT2D eigenvalue weighted by molar-refractivity contribution is 5.16. The molecule has 92 valence electrons. The van der Waals surface area contributed by atoms with E-state index in [1.54, 1.807) is 0 Å². The zero-order valence-electron chi connectivity index (χ0n) is 10.2. The molecule has 0 aromatic rings. The Labute approximate surface area is 103 Å². The molecule has 1 aliphatic carbocycles. The molecule has 17 heavy (non-hydrogen) atoms. The molecule has 0 amide bonds. The smallest absolute Gasteiger partial charge is 0.171 e. The average molecular weight is 233 g/mol. The third-order valence-electron chi connectivity index (χ3n) is 3.72. The minimum atomic E-state index is -0.277. The van der Waals surface area contributed by atoms with Crippen LogP contribution in [-0.4, -0.2) is 19.0 Å². The Morgan fingerprint density at radius 2 is 2.06 bits per heavy atom. The van der Waals surface area contributed by atoms with Crippen molar-refractivity contribution < 1.29 is 9.47 Å². The van der Waals surface area contributed by atoms with Gasteiger partial charge in [0.15, 0.2) is 11.9 Å². The molecule has 3 nitrogen and oxygen atoms in total. The highest BCUT2D eigenvalue weighted by atomic mass is 16.7. The molecule has 1 spiro atoms. The minimum absolute atomic E-state index is 0.277. The van der Waals surface area contributed by atoms with Gasteiger partial charge in [0, 0.05) is 24.7 Å². The fourth-order valence-corrected chi connectivity index (χ4v) is 2.94. The Morgan fingerprint density at radius 1 is 1.24 bits per heavy atom. The van der Waals surface area contributed by atoms with Crippen LogP contribution in [0.2, 0.25) is 0 Å². The topological polar surface area (TPSA) is 42.2 Å². The van der Waals surface area contributed by atoms with Crippen molar-refractivity contribution in [3.63, 3.8) is 0 Å². The quantitative estimate of drug-likeness (QED) is 0.556. The van der Waals surface area contributed by atoms with Crippen LogP contribution in [0.15, 0.2) is 0 Å². The minimum Gasteiger partial charge on any atom is -0.347 e. The van der Waals surface area contributed by atoms with Gasteiger partial charge in [-0.1, -0.05) is 12.3 Å². The van der Waals surface area contributed by atoms with Crippen molar-refractivity contribution in [1.29, 1.82) is 5.26 Å². The summed E-state index contributed by atoms with van der Waals surface area (Å²) in [7, 11) is 0. The van der Waals surface area contributed by atoms with E-state index in [-0.39, 0.29) is 5.79 Å². The maximum absolute atomic E-state index is 8.32. The Hall–Kier alpha value is -1.03. The predicted octanol–water partition coefficient (Wildman–Crippen LogP) is 2.62. The van der Waals surface area contributed by atoms with Gasteiger partial charge < -0.3 is 9.47 Å². The lowest BCUT2D eigenvalue weighted by Gasteiger charge is -2.39. The van der Waals surface area contributed by atoms with Crippen molar-refractivity contribution >= 4 is 0 Å². The summed E-state index contributed by atoms with van der Waals surface area (Å²) < 4.78 is 11.7. The number of hydrogen-bond acceptors (Lipinski definition) is 3. The van der Waals surface area contributed by atoms with Crippen LogP contribution in [0.3, 0.4) is 0 Å². The molecule has 2 aliphatic rings. The fraction of sp³-hybridized carbons (Fsp3) is 0.786. The van der Waals surface area contributed by atoms with Gasteiger partial charge in [0.05, 0.1) is 13.2 Å². The standard InChI is InChI=1S/C14H19NO2/c15-10-6-2-1-3-7-13-8-4-5-9-14(13)16-11-12-17-14/h13H,1,3-5,7-9,11-12H2. The lowest BCUT2D eigenvalue weighted by Crippen LogP contribution is -2.41. The molecule has 0 aromatic heterocycles. The maximum Gasteiger partial charge on any atom is 0.171 e. The first-order valence-corrected chi connectivity index (χ1v) is 6.52. The summed E-state index contributed by atoms with van der Waals surface area (Å²) in [6.07, 6.45) is 7.68. The van der Waals surface area contributed by atoms with E-state index < -0.39 is 0 Å². The molecule has 1 saturated heterocycles. The molecular formula is C14H19NO2. The van der Waals surface area contributed by atoms with Gasteiger partial charge >= 0.3 is 0 Å². The summed E-state index contributed by atoms with van der Waals surface area (Å²) in [5, 5.41) is 8.32. The first-order valence-electron chi connectivity index (χ1n) is 6.52. The fourth-order valence-electron chi connectivity index (χ4n) is 2.94. The van der Waals surface area contributed by atoms with Gasteiger partial charge in [-0.3, -0.25) is 0 Å². The van der Waals surface area contributed by atoms with Gasteiger partial charge in [0.2, 0.25) is 0 Å². The zero-order valence-corrected chi connectivity index (χ0v) is 10.2. The summed E-state index contributed by atoms with van der Waals surface area (Å²) >= 11 is 0. The normalized spacial score (nSPS) is 26.2. The van der Waals surface area contributed by atoms with Crippen LogP contribution in [0.25, 0.3) is 0 Å². The summed E-state index contributed by atoms with van der Waals surface area (Å²) in [5.41, 5.74) is 0. The van der Waals surface area contributed by atoms with Gasteiger partial charge in [-0.2, -0.15) is 5.26 Å². The largest absolute Gasteiger partial charge is 0.347 e. The Bertz CT molecular complexity index is 341. The van der Waals surface area contributed by atoms with Crippen molar-refractivity contribution in [2.24, 2.45) is 5.92 Å². The van der Waals surface area contributed by atoms with Crippen LogP contribution in [-0.2, 0) is 9.47 Å². The second-order valence-corrected chi connectivity index (χ2v) is 4.76. The van der Waals surface area contributed by atoms with Gasteiger partial charge in [0.1, 0.15) is 0 Å². The number of unbranched alkanes of at least 4 members (excludes halogenated alkanes) is 1. The van der Waals surface area contributed by atoms with E-state index in [0.29, 0.717) is 5.92 Å². The lowest BCUT2D eigenvalue weighted by atomic mass is 9.80. The maximum atomic E-state index is 8.32. The van der Waals surface area contributed by atoms with E-state index in [0.717, 1.165) is 38.9 Å². The highest BCUT2D eigenvalue weighted by Gasteiger charge is 2.45. The third-order valence-corrected chi connectivity index (χ3v) is 3.72. The van der Waals surface area contributed by atoms with Crippen molar-refractivity contribution in [3.8, 4) is 17.9 Å². The Balaban J connectivity index is 1.83. The SMILES string of the molecule is N#CC#CCCCC1CCCCC12OCCO2. The van der Waals surface area contributed by atoms with Gasteiger partial charge in [-0.05, 0) is 25.7 Å². The summed E-state index contributed by atoms with van der Waals surface area (Å²) in [4.78, 5) is 0. The molecule has 1 aliphatic heterocycles. The number of nitrogens with zero attached hydrogens (tertiary/aromatic N) is 1. The average Bonchev–Trinajstić information content (AvgIpc) is 2.81. The van der Waals surface area contributed by atoms with Crippen LogP contribution in [0.1, 0.15) is 44.9 Å². The van der Waals surface area contributed by atoms with Gasteiger partial charge in [-0.15, -0.1) is 0 Å². The van der Waals surface area contributed by atoms with Crippen molar-refractivity contribution in [3.05, 3.63) is 0 Å². The van der Waals surface area contributed by atoms with Crippen LogP contribution >= 0.6 is 0 Å².